The van der Waals surface area contributed by atoms with Crippen LogP contribution < -0.4 is 4.74 Å². The van der Waals surface area contributed by atoms with E-state index >= 15 is 0 Å². The lowest BCUT2D eigenvalue weighted by Gasteiger charge is -2.32. The van der Waals surface area contributed by atoms with E-state index in [9.17, 15) is 4.79 Å². The number of benzene rings is 2. The summed E-state index contributed by atoms with van der Waals surface area (Å²) in [6.07, 6.45) is 2.38. The fourth-order valence-electron chi connectivity index (χ4n) is 3.35. The molecule has 1 heterocycles. The van der Waals surface area contributed by atoms with Crippen molar-refractivity contribution in [3.63, 3.8) is 0 Å². The van der Waals surface area contributed by atoms with Gasteiger partial charge in [-0.25, -0.2) is 0 Å². The van der Waals surface area contributed by atoms with E-state index in [2.05, 4.69) is 18.2 Å². The Morgan fingerprint density at radius 2 is 1.67 bits per heavy atom. The van der Waals surface area contributed by atoms with E-state index in [1.54, 1.807) is 0 Å². The van der Waals surface area contributed by atoms with Crippen molar-refractivity contribution >= 4 is 5.78 Å². The minimum atomic E-state index is 0.0129. The molecule has 0 bridgehead atoms. The number of ketones is 1. The quantitative estimate of drug-likeness (QED) is 0.779. The van der Waals surface area contributed by atoms with E-state index in [-0.39, 0.29) is 11.7 Å². The SMILES string of the molecule is O=C1CCCC2=C1[C@H](c1ccccc1)c1ccccc1O2. The highest BCUT2D eigenvalue weighted by Crippen LogP contribution is 2.46. The maximum Gasteiger partial charge on any atom is 0.163 e. The summed E-state index contributed by atoms with van der Waals surface area (Å²) in [7, 11) is 0. The third-order valence-corrected chi connectivity index (χ3v) is 4.29. The van der Waals surface area contributed by atoms with Gasteiger partial charge in [-0.05, 0) is 18.1 Å². The highest BCUT2D eigenvalue weighted by Gasteiger charge is 2.36. The van der Waals surface area contributed by atoms with Gasteiger partial charge in [0.25, 0.3) is 0 Å². The molecule has 2 nitrogen and oxygen atoms in total. The smallest absolute Gasteiger partial charge is 0.163 e. The highest BCUT2D eigenvalue weighted by molar-refractivity contribution is 5.99. The lowest BCUT2D eigenvalue weighted by atomic mass is 9.77. The maximum absolute atomic E-state index is 12.5. The van der Waals surface area contributed by atoms with Gasteiger partial charge in [0, 0.05) is 29.9 Å². The molecular weight excluding hydrogens is 260 g/mol. The van der Waals surface area contributed by atoms with Crippen LogP contribution in [0.5, 0.6) is 5.75 Å². The molecule has 0 spiro atoms. The first kappa shape index (κ1) is 12.4. The van der Waals surface area contributed by atoms with Gasteiger partial charge < -0.3 is 4.74 Å². The van der Waals surface area contributed by atoms with Crippen molar-refractivity contribution in [2.45, 2.75) is 25.2 Å². The summed E-state index contributed by atoms with van der Waals surface area (Å²) >= 11 is 0. The molecule has 4 rings (SSSR count). The monoisotopic (exact) mass is 276 g/mol. The summed E-state index contributed by atoms with van der Waals surface area (Å²) in [6.45, 7) is 0. The van der Waals surface area contributed by atoms with Crippen LogP contribution in [0.2, 0.25) is 0 Å². The number of ether oxygens (including phenoxy) is 1. The lowest BCUT2D eigenvalue weighted by molar-refractivity contribution is -0.116. The summed E-state index contributed by atoms with van der Waals surface area (Å²) in [5.41, 5.74) is 3.12. The second kappa shape index (κ2) is 4.88. The van der Waals surface area contributed by atoms with Gasteiger partial charge in [0.2, 0.25) is 0 Å². The van der Waals surface area contributed by atoms with Gasteiger partial charge in [-0.2, -0.15) is 0 Å². The van der Waals surface area contributed by atoms with Gasteiger partial charge in [0.05, 0.1) is 0 Å². The van der Waals surface area contributed by atoms with Crippen molar-refractivity contribution in [2.24, 2.45) is 0 Å². The number of fused-ring (bicyclic) bond motifs is 1. The number of rotatable bonds is 1. The van der Waals surface area contributed by atoms with E-state index in [4.69, 9.17) is 4.74 Å². The number of hydrogen-bond donors (Lipinski definition) is 0. The van der Waals surface area contributed by atoms with Gasteiger partial charge in [-0.1, -0.05) is 48.5 Å². The van der Waals surface area contributed by atoms with Crippen molar-refractivity contribution < 1.29 is 9.53 Å². The Labute approximate surface area is 124 Å². The van der Waals surface area contributed by atoms with E-state index in [0.717, 1.165) is 41.1 Å². The topological polar surface area (TPSA) is 26.3 Å². The Balaban J connectivity index is 1.95. The molecule has 1 aliphatic carbocycles. The first-order valence-electron chi connectivity index (χ1n) is 7.42. The first-order chi connectivity index (χ1) is 10.3. The highest BCUT2D eigenvalue weighted by atomic mass is 16.5. The second-order valence-corrected chi connectivity index (χ2v) is 5.60. The third-order valence-electron chi connectivity index (χ3n) is 4.29. The van der Waals surface area contributed by atoms with Crippen molar-refractivity contribution in [1.29, 1.82) is 0 Å². The number of carbonyl (C=O) groups excluding carboxylic acids is 1. The largest absolute Gasteiger partial charge is 0.461 e. The molecule has 0 saturated carbocycles. The predicted octanol–water partition coefficient (Wildman–Crippen LogP) is 4.22. The summed E-state index contributed by atoms with van der Waals surface area (Å²) in [6, 6.07) is 18.3. The van der Waals surface area contributed by atoms with E-state index in [1.165, 1.54) is 0 Å². The number of allylic oxidation sites excluding steroid dienone is 2. The summed E-state index contributed by atoms with van der Waals surface area (Å²) in [4.78, 5) is 12.5. The Morgan fingerprint density at radius 1 is 0.905 bits per heavy atom. The van der Waals surface area contributed by atoms with Crippen molar-refractivity contribution in [1.82, 2.24) is 0 Å². The van der Waals surface area contributed by atoms with Crippen LogP contribution in [-0.2, 0) is 4.79 Å². The van der Waals surface area contributed by atoms with Gasteiger partial charge in [0.1, 0.15) is 11.5 Å². The molecule has 0 N–H and O–H groups in total. The van der Waals surface area contributed by atoms with Crippen LogP contribution in [0.1, 0.15) is 36.3 Å². The molecule has 2 aliphatic rings. The first-order valence-corrected chi connectivity index (χ1v) is 7.42. The Morgan fingerprint density at radius 3 is 2.52 bits per heavy atom. The zero-order chi connectivity index (χ0) is 14.2. The fourth-order valence-corrected chi connectivity index (χ4v) is 3.35. The number of carbonyl (C=O) groups is 1. The predicted molar refractivity (Wildman–Crippen MR) is 81.2 cm³/mol. The van der Waals surface area contributed by atoms with E-state index in [0.29, 0.717) is 6.42 Å². The minimum absolute atomic E-state index is 0.0129. The normalized spacial score (nSPS) is 20.6. The molecule has 104 valence electrons. The van der Waals surface area contributed by atoms with E-state index in [1.807, 2.05) is 36.4 Å². The maximum atomic E-state index is 12.5. The molecule has 0 saturated heterocycles. The van der Waals surface area contributed by atoms with Crippen LogP contribution in [0.3, 0.4) is 0 Å². The zero-order valence-electron chi connectivity index (χ0n) is 11.7. The average Bonchev–Trinajstić information content (AvgIpc) is 2.54. The number of hydrogen-bond acceptors (Lipinski definition) is 2. The zero-order valence-corrected chi connectivity index (χ0v) is 11.7. The van der Waals surface area contributed by atoms with Crippen LogP contribution in [0, 0.1) is 0 Å². The standard InChI is InChI=1S/C19H16O2/c20-15-10-6-12-17-19(15)18(13-7-2-1-3-8-13)14-9-4-5-11-16(14)21-17/h1-5,7-9,11,18H,6,10,12H2/t18-/m1/s1. The van der Waals surface area contributed by atoms with Crippen molar-refractivity contribution in [3.8, 4) is 5.75 Å². The Hall–Kier alpha value is -2.35. The summed E-state index contributed by atoms with van der Waals surface area (Å²) in [5, 5.41) is 0. The van der Waals surface area contributed by atoms with Crippen LogP contribution in [-0.4, -0.2) is 5.78 Å². The van der Waals surface area contributed by atoms with Crippen LogP contribution in [0.15, 0.2) is 65.9 Å². The number of Topliss-reactive ketones (excluding diaryl/α,β-unsaturated/α-hetero) is 1. The molecule has 0 unspecified atom stereocenters. The molecular formula is C19H16O2. The van der Waals surface area contributed by atoms with Gasteiger partial charge in [0.15, 0.2) is 5.78 Å². The van der Waals surface area contributed by atoms with Crippen LogP contribution in [0.4, 0.5) is 0 Å². The van der Waals surface area contributed by atoms with Crippen LogP contribution >= 0.6 is 0 Å². The average molecular weight is 276 g/mol. The van der Waals surface area contributed by atoms with Gasteiger partial charge in [-0.15, -0.1) is 0 Å². The van der Waals surface area contributed by atoms with Gasteiger partial charge in [-0.3, -0.25) is 4.79 Å². The van der Waals surface area contributed by atoms with E-state index < -0.39 is 0 Å². The molecule has 2 heteroatoms. The fraction of sp³-hybridized carbons (Fsp3) is 0.211. The Bertz CT molecular complexity index is 728. The minimum Gasteiger partial charge on any atom is -0.461 e. The summed E-state index contributed by atoms with van der Waals surface area (Å²) < 4.78 is 6.02. The molecule has 1 aliphatic heterocycles. The van der Waals surface area contributed by atoms with Crippen LogP contribution in [0.25, 0.3) is 0 Å². The van der Waals surface area contributed by atoms with Gasteiger partial charge >= 0.3 is 0 Å². The van der Waals surface area contributed by atoms with Crippen molar-refractivity contribution in [3.05, 3.63) is 77.1 Å². The Kier molecular flexibility index (Phi) is 2.88. The molecule has 2 aromatic rings. The molecule has 2 aromatic carbocycles. The number of para-hydroxylation sites is 1. The molecule has 21 heavy (non-hydrogen) atoms. The molecule has 0 fully saturated rings. The molecule has 0 amide bonds. The summed E-state index contributed by atoms with van der Waals surface area (Å²) in [5.74, 6) is 2.01. The lowest BCUT2D eigenvalue weighted by Crippen LogP contribution is -2.25. The molecule has 1 atom stereocenters. The molecule has 0 radical (unpaired) electrons. The van der Waals surface area contributed by atoms with Crippen molar-refractivity contribution in [2.75, 3.05) is 0 Å². The second-order valence-electron chi connectivity index (χ2n) is 5.60. The third kappa shape index (κ3) is 1.99. The molecule has 0 aromatic heterocycles.